The Hall–Kier alpha value is -1.36. The van der Waals surface area contributed by atoms with Crippen LogP contribution in [0.4, 0.5) is 8.78 Å². The molecule has 0 saturated heterocycles. The van der Waals surface area contributed by atoms with Crippen LogP contribution in [-0.2, 0) is 6.42 Å². The summed E-state index contributed by atoms with van der Waals surface area (Å²) in [5.41, 5.74) is 0.0547. The lowest BCUT2D eigenvalue weighted by Gasteiger charge is -2.09. The highest BCUT2D eigenvalue weighted by molar-refractivity contribution is 14.0. The molecular formula is C14H18F2IN3. The van der Waals surface area contributed by atoms with Crippen molar-refractivity contribution >= 4 is 29.9 Å². The van der Waals surface area contributed by atoms with Crippen LogP contribution < -0.4 is 10.6 Å². The summed E-state index contributed by atoms with van der Waals surface area (Å²) in [5.74, 6) is 1.88. The summed E-state index contributed by atoms with van der Waals surface area (Å²) in [5, 5.41) is 5.89. The summed E-state index contributed by atoms with van der Waals surface area (Å²) in [6.07, 6.45) is 5.34. The maximum Gasteiger partial charge on any atom is 0.192 e. The minimum absolute atomic E-state index is 0. The van der Waals surface area contributed by atoms with Gasteiger partial charge >= 0.3 is 0 Å². The summed E-state index contributed by atoms with van der Waals surface area (Å²) < 4.78 is 26.8. The summed E-state index contributed by atoms with van der Waals surface area (Å²) >= 11 is 0. The van der Waals surface area contributed by atoms with Crippen LogP contribution in [0.15, 0.2) is 23.2 Å². The lowest BCUT2D eigenvalue weighted by molar-refractivity contribution is 0.555. The molecule has 1 aromatic rings. The Morgan fingerprint density at radius 3 is 2.50 bits per heavy atom. The number of terminal acetylenes is 1. The van der Waals surface area contributed by atoms with Crippen LogP contribution in [0.2, 0.25) is 0 Å². The van der Waals surface area contributed by atoms with Crippen LogP contribution in [0, 0.1) is 24.0 Å². The molecule has 0 atom stereocenters. The van der Waals surface area contributed by atoms with E-state index in [1.54, 1.807) is 0 Å². The molecule has 0 aliphatic rings. The number of halogens is 3. The van der Waals surface area contributed by atoms with Crippen molar-refractivity contribution in [2.75, 3.05) is 19.6 Å². The second-order valence-corrected chi connectivity index (χ2v) is 3.77. The van der Waals surface area contributed by atoms with Crippen LogP contribution in [0.5, 0.6) is 0 Å². The molecule has 1 rings (SSSR count). The highest BCUT2D eigenvalue weighted by atomic mass is 127. The molecule has 0 heterocycles. The van der Waals surface area contributed by atoms with Crippen molar-refractivity contribution < 1.29 is 8.78 Å². The normalized spacial score (nSPS) is 10.4. The van der Waals surface area contributed by atoms with Crippen molar-refractivity contribution in [2.45, 2.75) is 13.3 Å². The highest BCUT2D eigenvalue weighted by Crippen LogP contribution is 2.12. The van der Waals surface area contributed by atoms with Crippen LogP contribution >= 0.6 is 24.0 Å². The zero-order valence-electron chi connectivity index (χ0n) is 11.2. The first kappa shape index (κ1) is 18.6. The van der Waals surface area contributed by atoms with Crippen LogP contribution in [0.1, 0.15) is 12.5 Å². The molecule has 0 unspecified atom stereocenters. The molecule has 0 saturated carbocycles. The van der Waals surface area contributed by atoms with Crippen molar-refractivity contribution in [3.05, 3.63) is 35.4 Å². The highest BCUT2D eigenvalue weighted by Gasteiger charge is 2.07. The number of nitrogens with one attached hydrogen (secondary N) is 2. The van der Waals surface area contributed by atoms with E-state index in [-0.39, 0.29) is 42.5 Å². The number of aliphatic imine (C=N–C) groups is 1. The Labute approximate surface area is 135 Å². The van der Waals surface area contributed by atoms with Gasteiger partial charge in [-0.1, -0.05) is 12.0 Å². The summed E-state index contributed by atoms with van der Waals surface area (Å²) in [4.78, 5) is 4.19. The van der Waals surface area contributed by atoms with Gasteiger partial charge in [-0.2, -0.15) is 0 Å². The van der Waals surface area contributed by atoms with E-state index in [1.807, 2.05) is 6.92 Å². The fraction of sp³-hybridized carbons (Fsp3) is 0.357. The predicted molar refractivity (Wildman–Crippen MR) is 88.3 cm³/mol. The molecule has 6 heteroatoms. The maximum atomic E-state index is 13.4. The molecule has 0 aromatic heterocycles. The first-order chi connectivity index (χ1) is 9.19. The summed E-state index contributed by atoms with van der Waals surface area (Å²) in [6, 6.07) is 3.82. The molecule has 110 valence electrons. The third kappa shape index (κ3) is 6.19. The molecule has 0 aliphatic carbocycles. The van der Waals surface area contributed by atoms with Crippen molar-refractivity contribution in [1.82, 2.24) is 10.6 Å². The standard InChI is InChI=1S/C14H17F2N3.HI/c1-3-9-18-14(17-4-2)19-10-8-11-12(15)6-5-7-13(11)16;/h1,5-7H,4,8-10H2,2H3,(H2,17,18,19);1H. The van der Waals surface area contributed by atoms with E-state index >= 15 is 0 Å². The van der Waals surface area contributed by atoms with Crippen molar-refractivity contribution in [1.29, 1.82) is 0 Å². The molecule has 20 heavy (non-hydrogen) atoms. The number of guanidine groups is 1. The molecular weight excluding hydrogens is 375 g/mol. The fourth-order valence-electron chi connectivity index (χ4n) is 1.53. The average molecular weight is 393 g/mol. The van der Waals surface area contributed by atoms with E-state index in [0.29, 0.717) is 19.0 Å². The number of benzene rings is 1. The smallest absolute Gasteiger partial charge is 0.192 e. The topological polar surface area (TPSA) is 36.4 Å². The predicted octanol–water partition coefficient (Wildman–Crippen LogP) is 2.31. The van der Waals surface area contributed by atoms with Crippen LogP contribution in [0.25, 0.3) is 0 Å². The molecule has 3 nitrogen and oxygen atoms in total. The first-order valence-corrected chi connectivity index (χ1v) is 6.07. The van der Waals surface area contributed by atoms with Gasteiger partial charge in [0, 0.05) is 18.7 Å². The first-order valence-electron chi connectivity index (χ1n) is 6.07. The van der Waals surface area contributed by atoms with Gasteiger partial charge in [0.1, 0.15) is 11.6 Å². The second-order valence-electron chi connectivity index (χ2n) is 3.77. The van der Waals surface area contributed by atoms with E-state index in [1.165, 1.54) is 18.2 Å². The lowest BCUT2D eigenvalue weighted by Crippen LogP contribution is -2.37. The number of hydrogen-bond donors (Lipinski definition) is 2. The van der Waals surface area contributed by atoms with E-state index in [0.717, 1.165) is 0 Å². The van der Waals surface area contributed by atoms with E-state index < -0.39 is 11.6 Å². The second kappa shape index (κ2) is 10.4. The third-order valence-corrected chi connectivity index (χ3v) is 2.40. The maximum absolute atomic E-state index is 13.4. The molecule has 0 aliphatic heterocycles. The minimum Gasteiger partial charge on any atom is -0.357 e. The molecule has 0 spiro atoms. The van der Waals surface area contributed by atoms with Gasteiger partial charge in [-0.25, -0.2) is 8.78 Å². The van der Waals surface area contributed by atoms with Gasteiger partial charge < -0.3 is 10.6 Å². The van der Waals surface area contributed by atoms with Gasteiger partial charge in [-0.15, -0.1) is 30.4 Å². The van der Waals surface area contributed by atoms with Crippen molar-refractivity contribution in [3.63, 3.8) is 0 Å². The van der Waals surface area contributed by atoms with Crippen molar-refractivity contribution in [3.8, 4) is 12.3 Å². The Balaban J connectivity index is 0.00000361. The van der Waals surface area contributed by atoms with Gasteiger partial charge in [0.2, 0.25) is 0 Å². The largest absolute Gasteiger partial charge is 0.357 e. The van der Waals surface area contributed by atoms with Gasteiger partial charge in [-0.05, 0) is 25.5 Å². The van der Waals surface area contributed by atoms with E-state index in [9.17, 15) is 8.78 Å². The third-order valence-electron chi connectivity index (χ3n) is 2.40. The molecule has 0 bridgehead atoms. The van der Waals surface area contributed by atoms with Gasteiger partial charge in [0.15, 0.2) is 5.96 Å². The van der Waals surface area contributed by atoms with Gasteiger partial charge in [0.05, 0.1) is 6.54 Å². The van der Waals surface area contributed by atoms with E-state index in [4.69, 9.17) is 6.42 Å². The quantitative estimate of drug-likeness (QED) is 0.349. The molecule has 0 fully saturated rings. The van der Waals surface area contributed by atoms with Crippen LogP contribution in [-0.4, -0.2) is 25.6 Å². The molecule has 0 amide bonds. The Kier molecular flexibility index (Phi) is 9.72. The van der Waals surface area contributed by atoms with Crippen molar-refractivity contribution in [2.24, 2.45) is 4.99 Å². The summed E-state index contributed by atoms with van der Waals surface area (Å²) in [6.45, 7) is 3.23. The fourth-order valence-corrected chi connectivity index (χ4v) is 1.53. The molecule has 1 aromatic carbocycles. The zero-order chi connectivity index (χ0) is 14.1. The van der Waals surface area contributed by atoms with Crippen LogP contribution in [0.3, 0.4) is 0 Å². The molecule has 2 N–H and O–H groups in total. The Morgan fingerprint density at radius 1 is 1.30 bits per heavy atom. The lowest BCUT2D eigenvalue weighted by atomic mass is 10.1. The zero-order valence-corrected chi connectivity index (χ0v) is 13.6. The number of hydrogen-bond acceptors (Lipinski definition) is 1. The number of rotatable bonds is 5. The van der Waals surface area contributed by atoms with E-state index in [2.05, 4.69) is 21.5 Å². The SMILES string of the molecule is C#CCNC(=NCCc1c(F)cccc1F)NCC.I. The Morgan fingerprint density at radius 2 is 1.95 bits per heavy atom. The average Bonchev–Trinajstić information content (AvgIpc) is 2.39. The Bertz CT molecular complexity index is 464. The van der Waals surface area contributed by atoms with Gasteiger partial charge in [0.25, 0.3) is 0 Å². The minimum atomic E-state index is -0.545. The number of nitrogens with zero attached hydrogens (tertiary/aromatic N) is 1. The summed E-state index contributed by atoms with van der Waals surface area (Å²) in [7, 11) is 0. The van der Waals surface area contributed by atoms with Gasteiger partial charge in [-0.3, -0.25) is 4.99 Å². The monoisotopic (exact) mass is 393 g/mol. The molecule has 0 radical (unpaired) electrons.